The van der Waals surface area contributed by atoms with E-state index in [9.17, 15) is 23.2 Å². The molecule has 2 N–H and O–H groups in total. The van der Waals surface area contributed by atoms with Crippen LogP contribution in [0.4, 0.5) is 0 Å². The standard InChI is InChI=1S/C9H15NO6S/c11-8-4-5-9(12)10(8,13)6-2-1-3-7-17(14,15)16/h13H,1-7H2/p+1. The van der Waals surface area contributed by atoms with Crippen molar-refractivity contribution in [2.24, 2.45) is 0 Å². The zero-order valence-corrected chi connectivity index (χ0v) is 10.1. The Morgan fingerprint density at radius 3 is 2.06 bits per heavy atom. The maximum atomic E-state index is 11.3. The number of imide groups is 1. The Bertz CT molecular complexity index is 399. The van der Waals surface area contributed by atoms with Crippen LogP contribution in [0.5, 0.6) is 0 Å². The van der Waals surface area contributed by atoms with Crippen molar-refractivity contribution in [1.29, 1.82) is 0 Å². The molecule has 1 aliphatic heterocycles. The largest absolute Gasteiger partial charge is 0.353 e. The molecule has 1 rings (SSSR count). The lowest BCUT2D eigenvalue weighted by Crippen LogP contribution is -2.49. The van der Waals surface area contributed by atoms with E-state index in [4.69, 9.17) is 4.55 Å². The van der Waals surface area contributed by atoms with Gasteiger partial charge < -0.3 is 0 Å². The first-order chi connectivity index (χ1) is 7.76. The van der Waals surface area contributed by atoms with Gasteiger partial charge in [-0.25, -0.2) is 14.8 Å². The number of likely N-dealkylation sites (tertiary alicyclic amines) is 1. The minimum atomic E-state index is -3.96. The van der Waals surface area contributed by atoms with E-state index in [0.29, 0.717) is 12.8 Å². The first-order valence-electron chi connectivity index (χ1n) is 5.38. The molecule has 17 heavy (non-hydrogen) atoms. The van der Waals surface area contributed by atoms with Crippen molar-refractivity contribution in [2.75, 3.05) is 12.3 Å². The molecule has 0 aromatic rings. The highest BCUT2D eigenvalue weighted by Crippen LogP contribution is 2.20. The van der Waals surface area contributed by atoms with E-state index < -0.39 is 26.6 Å². The molecule has 98 valence electrons. The summed E-state index contributed by atoms with van der Waals surface area (Å²) in [5.41, 5.74) is 0. The highest BCUT2D eigenvalue weighted by molar-refractivity contribution is 7.85. The summed E-state index contributed by atoms with van der Waals surface area (Å²) in [6.07, 6.45) is 1.12. The van der Waals surface area contributed by atoms with E-state index in [-0.39, 0.29) is 31.6 Å². The normalized spacial score (nSPS) is 19.9. The first-order valence-corrected chi connectivity index (χ1v) is 6.99. The van der Waals surface area contributed by atoms with Gasteiger partial charge in [-0.15, -0.1) is 0 Å². The van der Waals surface area contributed by atoms with E-state index in [2.05, 4.69) is 0 Å². The summed E-state index contributed by atoms with van der Waals surface area (Å²) in [5.74, 6) is -1.37. The molecule has 0 saturated carbocycles. The monoisotopic (exact) mass is 266 g/mol. The third-order valence-electron chi connectivity index (χ3n) is 2.76. The van der Waals surface area contributed by atoms with Gasteiger partial charge in [0, 0.05) is 6.42 Å². The number of carbonyl (C=O) groups is 2. The van der Waals surface area contributed by atoms with Crippen LogP contribution in [0.3, 0.4) is 0 Å². The number of rotatable bonds is 6. The van der Waals surface area contributed by atoms with Crippen LogP contribution < -0.4 is 0 Å². The lowest BCUT2D eigenvalue weighted by molar-refractivity contribution is -0.971. The van der Waals surface area contributed by atoms with Gasteiger partial charge in [-0.1, -0.05) is 4.65 Å². The van der Waals surface area contributed by atoms with Crippen molar-refractivity contribution in [1.82, 2.24) is 0 Å². The predicted molar refractivity (Wildman–Crippen MR) is 56.4 cm³/mol. The van der Waals surface area contributed by atoms with Gasteiger partial charge in [-0.2, -0.15) is 8.42 Å². The Kier molecular flexibility index (Phi) is 4.36. The second kappa shape index (κ2) is 5.21. The molecule has 2 amide bonds. The SMILES string of the molecule is O=C1CCC(=O)[N+]1(O)CCCCCS(=O)(=O)O. The van der Waals surface area contributed by atoms with Crippen molar-refractivity contribution >= 4 is 21.9 Å². The molecule has 0 spiro atoms. The van der Waals surface area contributed by atoms with Crippen LogP contribution in [0, 0.1) is 0 Å². The van der Waals surface area contributed by atoms with Gasteiger partial charge in [-0.05, 0) is 12.8 Å². The van der Waals surface area contributed by atoms with Crippen LogP contribution in [0.25, 0.3) is 0 Å². The lowest BCUT2D eigenvalue weighted by atomic mass is 10.2. The Morgan fingerprint density at radius 1 is 1.06 bits per heavy atom. The van der Waals surface area contributed by atoms with E-state index in [1.165, 1.54) is 0 Å². The minimum Gasteiger partial charge on any atom is -0.286 e. The van der Waals surface area contributed by atoms with Crippen LogP contribution in [-0.4, -0.2) is 46.9 Å². The summed E-state index contributed by atoms with van der Waals surface area (Å²) in [6, 6.07) is 0. The van der Waals surface area contributed by atoms with Crippen molar-refractivity contribution in [3.05, 3.63) is 0 Å². The van der Waals surface area contributed by atoms with Crippen molar-refractivity contribution in [3.8, 4) is 0 Å². The first kappa shape index (κ1) is 14.2. The van der Waals surface area contributed by atoms with Crippen LogP contribution in [0.2, 0.25) is 0 Å². The average molecular weight is 266 g/mol. The molecule has 8 heteroatoms. The highest BCUT2D eigenvalue weighted by Gasteiger charge is 2.49. The summed E-state index contributed by atoms with van der Waals surface area (Å²) in [4.78, 5) is 22.6. The zero-order chi connectivity index (χ0) is 13.1. The maximum Gasteiger partial charge on any atom is 0.353 e. The second-order valence-electron chi connectivity index (χ2n) is 4.13. The van der Waals surface area contributed by atoms with Crippen molar-refractivity contribution in [2.45, 2.75) is 32.1 Å². The van der Waals surface area contributed by atoms with Gasteiger partial charge in [0.15, 0.2) is 0 Å². The van der Waals surface area contributed by atoms with Gasteiger partial charge in [0.2, 0.25) is 0 Å². The van der Waals surface area contributed by atoms with E-state index in [1.54, 1.807) is 0 Å². The molecular formula is C9H16NO6S+. The molecule has 0 unspecified atom stereocenters. The summed E-state index contributed by atoms with van der Waals surface area (Å²) < 4.78 is 28.1. The number of amides is 2. The average Bonchev–Trinajstić information content (AvgIpc) is 2.44. The predicted octanol–water partition coefficient (Wildman–Crippen LogP) is 0.0975. The van der Waals surface area contributed by atoms with Gasteiger partial charge in [0.25, 0.3) is 10.1 Å². The minimum absolute atomic E-state index is 0.0247. The Morgan fingerprint density at radius 2 is 1.59 bits per heavy atom. The summed E-state index contributed by atoms with van der Waals surface area (Å²) in [7, 11) is -3.96. The van der Waals surface area contributed by atoms with E-state index in [1.807, 2.05) is 0 Å². The molecule has 1 saturated heterocycles. The molecule has 0 aliphatic carbocycles. The van der Waals surface area contributed by atoms with Crippen LogP contribution in [-0.2, 0) is 19.7 Å². The molecule has 0 bridgehead atoms. The fraction of sp³-hybridized carbons (Fsp3) is 0.778. The molecule has 0 aromatic carbocycles. The quantitative estimate of drug-likeness (QED) is 0.232. The molecular weight excluding hydrogens is 250 g/mol. The smallest absolute Gasteiger partial charge is 0.286 e. The van der Waals surface area contributed by atoms with Crippen LogP contribution in [0.1, 0.15) is 32.1 Å². The second-order valence-corrected chi connectivity index (χ2v) is 5.70. The fourth-order valence-corrected chi connectivity index (χ4v) is 2.34. The number of hydrogen-bond acceptors (Lipinski definition) is 5. The van der Waals surface area contributed by atoms with Gasteiger partial charge in [0.1, 0.15) is 6.54 Å². The Balaban J connectivity index is 2.31. The number of carbonyl (C=O) groups excluding carboxylic acids is 2. The van der Waals surface area contributed by atoms with Crippen molar-refractivity contribution < 1.29 is 32.4 Å². The maximum absolute atomic E-state index is 11.3. The fourth-order valence-electron chi connectivity index (χ4n) is 1.77. The summed E-state index contributed by atoms with van der Waals surface area (Å²) in [5, 5.41) is 9.76. The van der Waals surface area contributed by atoms with Crippen LogP contribution in [0.15, 0.2) is 0 Å². The van der Waals surface area contributed by atoms with E-state index in [0.717, 1.165) is 0 Å². The Hall–Kier alpha value is -0.830. The number of hydroxylamine groups is 3. The van der Waals surface area contributed by atoms with Gasteiger partial charge in [-0.3, -0.25) is 4.55 Å². The summed E-state index contributed by atoms with van der Waals surface area (Å²) >= 11 is 0. The van der Waals surface area contributed by atoms with Crippen LogP contribution >= 0.6 is 0 Å². The van der Waals surface area contributed by atoms with Gasteiger partial charge >= 0.3 is 11.8 Å². The number of quaternary nitrogens is 1. The number of hydrogen-bond donors (Lipinski definition) is 2. The molecule has 7 nitrogen and oxygen atoms in total. The highest BCUT2D eigenvalue weighted by atomic mass is 32.2. The molecule has 1 fully saturated rings. The molecule has 0 aromatic heterocycles. The summed E-state index contributed by atoms with van der Waals surface area (Å²) in [6.45, 7) is -0.0247. The lowest BCUT2D eigenvalue weighted by Gasteiger charge is -2.18. The number of unbranched alkanes of at least 4 members (excludes halogenated alkanes) is 2. The number of nitrogens with zero attached hydrogens (tertiary/aromatic N) is 1. The molecule has 1 aliphatic rings. The Labute approximate surface area is 99.3 Å². The zero-order valence-electron chi connectivity index (χ0n) is 9.33. The third-order valence-corrected chi connectivity index (χ3v) is 3.57. The molecule has 0 radical (unpaired) electrons. The topological polar surface area (TPSA) is 109 Å². The molecule has 1 heterocycles. The van der Waals surface area contributed by atoms with E-state index >= 15 is 0 Å². The molecule has 0 atom stereocenters. The van der Waals surface area contributed by atoms with Gasteiger partial charge in [0.05, 0.1) is 18.6 Å². The third kappa shape index (κ3) is 3.84. The van der Waals surface area contributed by atoms with Crippen molar-refractivity contribution in [3.63, 3.8) is 0 Å².